The van der Waals surface area contributed by atoms with Gasteiger partial charge >= 0.3 is 0 Å². The van der Waals surface area contributed by atoms with Gasteiger partial charge in [-0.3, -0.25) is 0 Å². The monoisotopic (exact) mass is 339 g/mol. The van der Waals surface area contributed by atoms with Crippen molar-refractivity contribution < 1.29 is 0 Å². The molecule has 2 aromatic rings. The van der Waals surface area contributed by atoms with Gasteiger partial charge in [0.1, 0.15) is 0 Å². The van der Waals surface area contributed by atoms with Gasteiger partial charge in [-0.2, -0.15) is 0 Å². The highest BCUT2D eigenvalue weighted by atomic mass is 79.9. The molecule has 1 aromatic carbocycles. The van der Waals surface area contributed by atoms with Crippen molar-refractivity contribution in [3.8, 4) is 0 Å². The van der Waals surface area contributed by atoms with Crippen LogP contribution in [0.25, 0.3) is 10.2 Å². The number of aromatic nitrogens is 1. The molecule has 3 rings (SSSR count). The standard InChI is InChI=1S/C14H18BrN3S/c1-18-6-4-10(5-7-18)9-16-14-17-12-8-11(15)2-3-13(12)19-14/h2-3,8,10H,4-7,9H2,1H3,(H,16,17). The lowest BCUT2D eigenvalue weighted by atomic mass is 9.97. The first-order valence-electron chi connectivity index (χ1n) is 6.69. The highest BCUT2D eigenvalue weighted by Crippen LogP contribution is 2.28. The molecule has 0 atom stereocenters. The molecule has 1 aliphatic heterocycles. The molecule has 1 fully saturated rings. The molecule has 0 aliphatic carbocycles. The minimum atomic E-state index is 0.787. The molecular weight excluding hydrogens is 322 g/mol. The Bertz CT molecular complexity index is 561. The molecule has 0 amide bonds. The number of anilines is 1. The van der Waals surface area contributed by atoms with Crippen molar-refractivity contribution in [3.05, 3.63) is 22.7 Å². The molecule has 0 spiro atoms. The van der Waals surface area contributed by atoms with Gasteiger partial charge in [0.05, 0.1) is 10.2 Å². The summed E-state index contributed by atoms with van der Waals surface area (Å²) in [7, 11) is 2.20. The quantitative estimate of drug-likeness (QED) is 0.921. The zero-order valence-corrected chi connectivity index (χ0v) is 13.4. The molecule has 102 valence electrons. The van der Waals surface area contributed by atoms with E-state index in [9.17, 15) is 0 Å². The van der Waals surface area contributed by atoms with E-state index in [0.717, 1.165) is 27.6 Å². The summed E-state index contributed by atoms with van der Waals surface area (Å²) in [5.74, 6) is 0.787. The van der Waals surface area contributed by atoms with E-state index in [1.165, 1.54) is 30.6 Å². The second kappa shape index (κ2) is 5.77. The molecular formula is C14H18BrN3S. The van der Waals surface area contributed by atoms with Crippen molar-refractivity contribution in [2.24, 2.45) is 5.92 Å². The van der Waals surface area contributed by atoms with Gasteiger partial charge in [0, 0.05) is 11.0 Å². The van der Waals surface area contributed by atoms with E-state index in [4.69, 9.17) is 0 Å². The lowest BCUT2D eigenvalue weighted by Crippen LogP contribution is -2.32. The SMILES string of the molecule is CN1CCC(CNc2nc3cc(Br)ccc3s2)CC1. The molecule has 0 radical (unpaired) electrons. The first-order chi connectivity index (χ1) is 9.20. The van der Waals surface area contributed by atoms with Crippen LogP contribution in [0.15, 0.2) is 22.7 Å². The minimum absolute atomic E-state index is 0.787. The van der Waals surface area contributed by atoms with Crippen LogP contribution < -0.4 is 5.32 Å². The highest BCUT2D eigenvalue weighted by molar-refractivity contribution is 9.10. The number of hydrogen-bond donors (Lipinski definition) is 1. The lowest BCUT2D eigenvalue weighted by Gasteiger charge is -2.28. The van der Waals surface area contributed by atoms with E-state index in [1.807, 2.05) is 0 Å². The van der Waals surface area contributed by atoms with E-state index >= 15 is 0 Å². The number of piperidine rings is 1. The third-order valence-corrected chi connectivity index (χ3v) is 5.22. The van der Waals surface area contributed by atoms with Gasteiger partial charge in [0.2, 0.25) is 0 Å². The van der Waals surface area contributed by atoms with Crippen molar-refractivity contribution in [2.75, 3.05) is 32.0 Å². The van der Waals surface area contributed by atoms with Gasteiger partial charge in [-0.25, -0.2) is 4.98 Å². The Labute approximate surface area is 126 Å². The fraction of sp³-hybridized carbons (Fsp3) is 0.500. The summed E-state index contributed by atoms with van der Waals surface area (Å²) in [6, 6.07) is 6.27. The van der Waals surface area contributed by atoms with Crippen molar-refractivity contribution >= 4 is 42.6 Å². The summed E-state index contributed by atoms with van der Waals surface area (Å²) < 4.78 is 2.33. The first-order valence-corrected chi connectivity index (χ1v) is 8.30. The van der Waals surface area contributed by atoms with Crippen LogP contribution in [0.4, 0.5) is 5.13 Å². The van der Waals surface area contributed by atoms with Crippen LogP contribution in [0, 0.1) is 5.92 Å². The predicted octanol–water partition coefficient (Wildman–Crippen LogP) is 3.81. The van der Waals surface area contributed by atoms with E-state index in [1.54, 1.807) is 11.3 Å². The zero-order valence-electron chi connectivity index (χ0n) is 11.0. The molecule has 5 heteroatoms. The Balaban J connectivity index is 1.62. The number of hydrogen-bond acceptors (Lipinski definition) is 4. The van der Waals surface area contributed by atoms with Crippen molar-refractivity contribution in [3.63, 3.8) is 0 Å². The number of halogens is 1. The minimum Gasteiger partial charge on any atom is -0.361 e. The summed E-state index contributed by atoms with van der Waals surface area (Å²) >= 11 is 5.23. The number of likely N-dealkylation sites (tertiary alicyclic amines) is 1. The summed E-state index contributed by atoms with van der Waals surface area (Å²) in [5, 5.41) is 4.56. The summed E-state index contributed by atoms with van der Waals surface area (Å²) in [4.78, 5) is 7.05. The Kier molecular flexibility index (Phi) is 4.05. The number of rotatable bonds is 3. The fourth-order valence-electron chi connectivity index (χ4n) is 2.47. The van der Waals surface area contributed by atoms with Crippen molar-refractivity contribution in [1.82, 2.24) is 9.88 Å². The molecule has 0 unspecified atom stereocenters. The van der Waals surface area contributed by atoms with Gasteiger partial charge in [0.25, 0.3) is 0 Å². The van der Waals surface area contributed by atoms with Crippen LogP contribution >= 0.6 is 27.3 Å². The van der Waals surface area contributed by atoms with Gasteiger partial charge in [-0.05, 0) is 57.1 Å². The van der Waals surface area contributed by atoms with Crippen LogP contribution in [0.5, 0.6) is 0 Å². The van der Waals surface area contributed by atoms with Gasteiger partial charge < -0.3 is 10.2 Å². The molecule has 1 aliphatic rings. The second-order valence-corrected chi connectivity index (χ2v) is 7.20. The number of fused-ring (bicyclic) bond motifs is 1. The first kappa shape index (κ1) is 13.3. The molecule has 3 nitrogen and oxygen atoms in total. The third kappa shape index (κ3) is 3.27. The summed E-state index contributed by atoms with van der Waals surface area (Å²) in [5.41, 5.74) is 1.07. The second-order valence-electron chi connectivity index (χ2n) is 5.26. The van der Waals surface area contributed by atoms with Crippen LogP contribution in [-0.4, -0.2) is 36.6 Å². The molecule has 1 N–H and O–H groups in total. The number of nitrogens with zero attached hydrogens (tertiary/aromatic N) is 2. The third-order valence-electron chi connectivity index (χ3n) is 3.73. The van der Waals surface area contributed by atoms with E-state index in [2.05, 4.69) is 56.4 Å². The normalized spacial score (nSPS) is 18.0. The Morgan fingerprint density at radius 2 is 2.21 bits per heavy atom. The van der Waals surface area contributed by atoms with Crippen LogP contribution in [0.3, 0.4) is 0 Å². The maximum Gasteiger partial charge on any atom is 0.183 e. The van der Waals surface area contributed by atoms with Gasteiger partial charge in [-0.1, -0.05) is 27.3 Å². The number of nitrogens with one attached hydrogen (secondary N) is 1. The average Bonchev–Trinajstić information content (AvgIpc) is 2.80. The molecule has 19 heavy (non-hydrogen) atoms. The van der Waals surface area contributed by atoms with Crippen molar-refractivity contribution in [2.45, 2.75) is 12.8 Å². The molecule has 0 bridgehead atoms. The lowest BCUT2D eigenvalue weighted by molar-refractivity contribution is 0.226. The van der Waals surface area contributed by atoms with E-state index in [-0.39, 0.29) is 0 Å². The molecule has 2 heterocycles. The van der Waals surface area contributed by atoms with E-state index in [0.29, 0.717) is 0 Å². The maximum absolute atomic E-state index is 4.64. The summed E-state index contributed by atoms with van der Waals surface area (Å²) in [6.07, 6.45) is 2.58. The topological polar surface area (TPSA) is 28.2 Å². The van der Waals surface area contributed by atoms with Gasteiger partial charge in [-0.15, -0.1) is 0 Å². The van der Waals surface area contributed by atoms with E-state index < -0.39 is 0 Å². The largest absolute Gasteiger partial charge is 0.361 e. The van der Waals surface area contributed by atoms with Crippen LogP contribution in [0.2, 0.25) is 0 Å². The van der Waals surface area contributed by atoms with Crippen LogP contribution in [-0.2, 0) is 0 Å². The van der Waals surface area contributed by atoms with Gasteiger partial charge in [0.15, 0.2) is 5.13 Å². The average molecular weight is 340 g/mol. The fourth-order valence-corrected chi connectivity index (χ4v) is 3.68. The zero-order chi connectivity index (χ0) is 13.2. The predicted molar refractivity (Wildman–Crippen MR) is 86.0 cm³/mol. The Morgan fingerprint density at radius 1 is 1.42 bits per heavy atom. The highest BCUT2D eigenvalue weighted by Gasteiger charge is 2.16. The van der Waals surface area contributed by atoms with Crippen molar-refractivity contribution in [1.29, 1.82) is 0 Å². The molecule has 1 saturated heterocycles. The number of benzene rings is 1. The Hall–Kier alpha value is -0.650. The molecule has 0 saturated carbocycles. The smallest absolute Gasteiger partial charge is 0.183 e. The Morgan fingerprint density at radius 3 is 3.00 bits per heavy atom. The number of thiazole rings is 1. The van der Waals surface area contributed by atoms with Crippen LogP contribution in [0.1, 0.15) is 12.8 Å². The molecule has 1 aromatic heterocycles. The maximum atomic E-state index is 4.64. The summed E-state index contributed by atoms with van der Waals surface area (Å²) in [6.45, 7) is 3.49.